The van der Waals surface area contributed by atoms with Crippen molar-refractivity contribution in [2.24, 2.45) is 0 Å². The van der Waals surface area contributed by atoms with Crippen molar-refractivity contribution in [1.82, 2.24) is 4.58 Å². The molecule has 0 unspecified atom stereocenters. The minimum absolute atomic E-state index is 0.269. The van der Waals surface area contributed by atoms with Gasteiger partial charge < -0.3 is 13.9 Å². The molecule has 0 saturated carbocycles. The number of benzene rings is 7. The lowest BCUT2D eigenvalue weighted by molar-refractivity contribution is 0.463. The first kappa shape index (κ1) is 37.3. The van der Waals surface area contributed by atoms with Crippen molar-refractivity contribution >= 4 is 61.7 Å². The molecular weight excluding hydrogens is 753 g/mol. The Morgan fingerprint density at radius 3 is 1.88 bits per heavy atom. The van der Waals surface area contributed by atoms with E-state index >= 15 is 0 Å². The average Bonchev–Trinajstić information content (AvgIpc) is 3.24. The van der Waals surface area contributed by atoms with Gasteiger partial charge in [0.25, 0.3) is 0 Å². The Kier molecular flexibility index (Phi) is 11.4. The summed E-state index contributed by atoms with van der Waals surface area (Å²) in [6, 6.07) is 59.7. The predicted molar refractivity (Wildman–Crippen MR) is 230 cm³/mol. The normalized spacial score (nSPS) is 12.2. The molecule has 0 saturated heterocycles. The highest BCUT2D eigenvalue weighted by atomic mass is 32.2. The Labute approximate surface area is 335 Å². The van der Waals surface area contributed by atoms with Crippen LogP contribution in [0, 0.1) is 0 Å². The van der Waals surface area contributed by atoms with Crippen LogP contribution >= 0.6 is 23.5 Å². The highest BCUT2D eigenvalue weighted by Gasteiger charge is 2.23. The summed E-state index contributed by atoms with van der Waals surface area (Å²) in [5.41, 5.74) is 5.25. The summed E-state index contributed by atoms with van der Waals surface area (Å²) in [5.74, 6) is 2.25. The van der Waals surface area contributed by atoms with Gasteiger partial charge in [-0.3, -0.25) is 0 Å². The highest BCUT2D eigenvalue weighted by Crippen LogP contribution is 2.43. The first-order valence-corrected chi connectivity index (χ1v) is 21.7. The zero-order chi connectivity index (χ0) is 38.3. The van der Waals surface area contributed by atoms with E-state index in [9.17, 15) is 13.0 Å². The molecule has 6 aromatic carbocycles. The lowest BCUT2D eigenvalue weighted by atomic mass is 9.93. The fraction of sp³-hybridized carbons (Fsp3) is 0.0851. The van der Waals surface area contributed by atoms with Crippen LogP contribution in [0.1, 0.15) is 0 Å². The molecule has 1 heterocycles. The second-order valence-corrected chi connectivity index (χ2v) is 16.8. The zero-order valence-corrected chi connectivity index (χ0v) is 32.9. The van der Waals surface area contributed by atoms with Crippen LogP contribution in [-0.4, -0.2) is 37.6 Å². The molecule has 9 heteroatoms. The number of fused-ring (bicyclic) bond motifs is 2. The van der Waals surface area contributed by atoms with E-state index in [0.717, 1.165) is 47.0 Å². The third-order valence-electron chi connectivity index (χ3n) is 9.53. The van der Waals surface area contributed by atoms with Crippen LogP contribution in [0.3, 0.4) is 0 Å². The second-order valence-electron chi connectivity index (χ2n) is 13.1. The number of anilines is 2. The minimum atomic E-state index is -4.80. The van der Waals surface area contributed by atoms with Crippen molar-refractivity contribution in [3.05, 3.63) is 187 Å². The van der Waals surface area contributed by atoms with E-state index in [1.165, 1.54) is 15.9 Å². The lowest BCUT2D eigenvalue weighted by Crippen LogP contribution is -2.27. The van der Waals surface area contributed by atoms with Crippen LogP contribution in [0.25, 0.3) is 33.4 Å². The van der Waals surface area contributed by atoms with Crippen LogP contribution in [0.15, 0.2) is 201 Å². The minimum Gasteiger partial charge on any atom is -0.744 e. The van der Waals surface area contributed by atoms with Gasteiger partial charge in [-0.2, -0.15) is 4.58 Å². The topological polar surface area (TPSA) is 76.6 Å². The van der Waals surface area contributed by atoms with E-state index < -0.39 is 10.1 Å². The Bertz CT molecular complexity index is 2730. The van der Waals surface area contributed by atoms with Gasteiger partial charge in [0.15, 0.2) is 6.54 Å². The molecule has 0 fully saturated rings. The first-order valence-electron chi connectivity index (χ1n) is 18.3. The number of hydrogen-bond donors (Lipinski definition) is 0. The summed E-state index contributed by atoms with van der Waals surface area (Å²) < 4.78 is 47.2. The molecule has 8 rings (SSSR count). The molecule has 6 nitrogen and oxygen atoms in total. The van der Waals surface area contributed by atoms with E-state index in [1.807, 2.05) is 84.9 Å². The van der Waals surface area contributed by atoms with E-state index in [2.05, 4.69) is 82.3 Å². The number of nitrogens with zero attached hydrogens (tertiary/aromatic N) is 2. The van der Waals surface area contributed by atoms with E-state index in [1.54, 1.807) is 41.7 Å². The summed E-state index contributed by atoms with van der Waals surface area (Å²) >= 11 is 3.59. The van der Waals surface area contributed by atoms with E-state index in [4.69, 9.17) is 4.42 Å². The first-order chi connectivity index (χ1) is 27.4. The maximum atomic E-state index is 12.7. The van der Waals surface area contributed by atoms with Gasteiger partial charge in [-0.15, -0.1) is 23.5 Å². The summed E-state index contributed by atoms with van der Waals surface area (Å²) in [6.45, 7) is 1.45. The van der Waals surface area contributed by atoms with Crippen LogP contribution in [-0.2, 0) is 10.1 Å². The van der Waals surface area contributed by atoms with Crippen LogP contribution < -0.4 is 14.8 Å². The summed E-state index contributed by atoms with van der Waals surface area (Å²) in [5, 5.41) is 1.63. The molecule has 0 bridgehead atoms. The van der Waals surface area contributed by atoms with Crippen LogP contribution in [0.5, 0.6) is 0 Å². The van der Waals surface area contributed by atoms with Gasteiger partial charge in [0.2, 0.25) is 11.0 Å². The van der Waals surface area contributed by atoms with Gasteiger partial charge in [-0.05, 0) is 60.7 Å². The summed E-state index contributed by atoms with van der Waals surface area (Å²) in [7, 11) is -4.80. The quantitative estimate of drug-likeness (QED) is 0.0498. The molecule has 56 heavy (non-hydrogen) atoms. The smallest absolute Gasteiger partial charge is 0.209 e. The molecule has 1 aliphatic heterocycles. The molecule has 0 radical (unpaired) electrons. The van der Waals surface area contributed by atoms with E-state index in [-0.39, 0.29) is 4.90 Å². The molecule has 0 spiro atoms. The lowest BCUT2D eigenvalue weighted by Gasteiger charge is -2.26. The molecule has 0 aromatic heterocycles. The number of hydrogen-bond acceptors (Lipinski definition) is 7. The number of rotatable bonds is 13. The Morgan fingerprint density at radius 2 is 1.20 bits per heavy atom. The number of para-hydroxylation sites is 2. The molecule has 0 atom stereocenters. The summed E-state index contributed by atoms with van der Waals surface area (Å²) in [6.07, 6.45) is 0. The molecule has 0 amide bonds. The third-order valence-corrected chi connectivity index (χ3v) is 12.4. The fourth-order valence-electron chi connectivity index (χ4n) is 6.96. The van der Waals surface area contributed by atoms with Crippen molar-refractivity contribution in [3.8, 4) is 22.5 Å². The van der Waals surface area contributed by atoms with Gasteiger partial charge in [-0.1, -0.05) is 91.0 Å². The Hall–Kier alpha value is -5.58. The average molecular weight is 791 g/mol. The van der Waals surface area contributed by atoms with Gasteiger partial charge in [-0.25, -0.2) is 8.42 Å². The molecule has 2 aliphatic rings. The van der Waals surface area contributed by atoms with Crippen LogP contribution in [0.2, 0.25) is 0 Å². The van der Waals surface area contributed by atoms with Crippen molar-refractivity contribution in [3.63, 3.8) is 0 Å². The Balaban J connectivity index is 1.30. The molecule has 6 aromatic rings. The third kappa shape index (κ3) is 8.46. The summed E-state index contributed by atoms with van der Waals surface area (Å²) in [4.78, 5) is 4.41. The monoisotopic (exact) mass is 790 g/mol. The van der Waals surface area contributed by atoms with Crippen molar-refractivity contribution in [2.45, 2.75) is 14.7 Å². The Morgan fingerprint density at radius 1 is 0.589 bits per heavy atom. The van der Waals surface area contributed by atoms with Gasteiger partial charge in [0.05, 0.1) is 16.7 Å². The van der Waals surface area contributed by atoms with Gasteiger partial charge in [0, 0.05) is 79.8 Å². The van der Waals surface area contributed by atoms with Crippen molar-refractivity contribution in [1.29, 1.82) is 0 Å². The molecular formula is C47H38N2O4S3. The second kappa shape index (κ2) is 17.1. The van der Waals surface area contributed by atoms with Gasteiger partial charge >= 0.3 is 0 Å². The fourth-order valence-corrected chi connectivity index (χ4v) is 9.36. The zero-order valence-electron chi connectivity index (χ0n) is 30.4. The molecule has 278 valence electrons. The standard InChI is InChI=1S/C47H38N2O4S3/c50-56(51,52)46-24-14-13-23-43(46)47-41-27-25-37(48(35-15-5-1-6-16-35)29-31-54-39-19-9-3-10-20-39)33-44(41)53-45-34-38(26-28-42(45)47)49(36-17-7-2-8-18-36)30-32-55-40-21-11-4-12-22-40/h1-28,33-34H,29-32H2. The maximum absolute atomic E-state index is 12.7. The van der Waals surface area contributed by atoms with Gasteiger partial charge in [0.1, 0.15) is 21.5 Å². The predicted octanol–water partition coefficient (Wildman–Crippen LogP) is 10.9. The maximum Gasteiger partial charge on any atom is 0.209 e. The van der Waals surface area contributed by atoms with Crippen molar-refractivity contribution in [2.75, 3.05) is 29.5 Å². The van der Waals surface area contributed by atoms with Crippen molar-refractivity contribution < 1.29 is 17.4 Å². The number of thioether (sulfide) groups is 2. The van der Waals surface area contributed by atoms with E-state index in [0.29, 0.717) is 33.4 Å². The largest absolute Gasteiger partial charge is 0.744 e. The van der Waals surface area contributed by atoms with Crippen LogP contribution in [0.4, 0.5) is 17.1 Å². The molecule has 1 aliphatic carbocycles. The SMILES string of the molecule is O=S(=O)([O-])c1ccccc1-c1c2ccc(=[N+](CCSc3ccccc3)c3ccccc3)cc-2oc2cc(N(CCSc3ccccc3)c3ccccc3)ccc12. The highest BCUT2D eigenvalue weighted by molar-refractivity contribution is 7.99. The molecule has 0 N–H and O–H groups in total.